The van der Waals surface area contributed by atoms with E-state index in [9.17, 15) is 4.79 Å². The Kier molecular flexibility index (Phi) is 5.38. The van der Waals surface area contributed by atoms with Crippen LogP contribution in [-0.2, 0) is 16.0 Å². The molecule has 0 bridgehead atoms. The van der Waals surface area contributed by atoms with Gasteiger partial charge in [0.25, 0.3) is 0 Å². The summed E-state index contributed by atoms with van der Waals surface area (Å²) in [6.07, 6.45) is 0.870. The van der Waals surface area contributed by atoms with Gasteiger partial charge in [-0.25, -0.2) is 0 Å². The van der Waals surface area contributed by atoms with Crippen molar-refractivity contribution in [2.75, 3.05) is 20.3 Å². The average molecular weight is 297 g/mol. The SMILES string of the molecule is COCC(Cl)CCNC(=O)Cc1noc2ccccc12. The van der Waals surface area contributed by atoms with Crippen LogP contribution in [0.1, 0.15) is 12.1 Å². The fourth-order valence-electron chi connectivity index (χ4n) is 1.91. The van der Waals surface area contributed by atoms with Crippen LogP contribution in [0.5, 0.6) is 0 Å². The number of para-hydroxylation sites is 1. The Bertz CT molecular complexity index is 570. The number of nitrogens with zero attached hydrogens (tertiary/aromatic N) is 1. The quantitative estimate of drug-likeness (QED) is 0.795. The van der Waals surface area contributed by atoms with Gasteiger partial charge in [-0.1, -0.05) is 17.3 Å². The number of hydrogen-bond donors (Lipinski definition) is 1. The maximum absolute atomic E-state index is 11.8. The lowest BCUT2D eigenvalue weighted by molar-refractivity contribution is -0.120. The van der Waals surface area contributed by atoms with Gasteiger partial charge in [-0.05, 0) is 18.6 Å². The third-order valence-corrected chi connectivity index (χ3v) is 3.25. The van der Waals surface area contributed by atoms with E-state index in [4.69, 9.17) is 20.9 Å². The van der Waals surface area contributed by atoms with Gasteiger partial charge in [0.1, 0.15) is 5.69 Å². The van der Waals surface area contributed by atoms with Crippen molar-refractivity contribution in [2.24, 2.45) is 0 Å². The summed E-state index contributed by atoms with van der Waals surface area (Å²) in [4.78, 5) is 11.8. The van der Waals surface area contributed by atoms with Crippen molar-refractivity contribution in [1.29, 1.82) is 0 Å². The molecule has 20 heavy (non-hydrogen) atoms. The highest BCUT2D eigenvalue weighted by atomic mass is 35.5. The van der Waals surface area contributed by atoms with Gasteiger partial charge in [-0.3, -0.25) is 4.79 Å². The van der Waals surface area contributed by atoms with Gasteiger partial charge in [-0.15, -0.1) is 11.6 Å². The first-order chi connectivity index (χ1) is 9.70. The molecule has 0 saturated heterocycles. The number of carbonyl (C=O) groups is 1. The van der Waals surface area contributed by atoms with Crippen LogP contribution in [0.25, 0.3) is 11.0 Å². The van der Waals surface area contributed by atoms with E-state index < -0.39 is 0 Å². The van der Waals surface area contributed by atoms with E-state index in [1.807, 2.05) is 24.3 Å². The zero-order chi connectivity index (χ0) is 14.4. The molecule has 5 nitrogen and oxygen atoms in total. The van der Waals surface area contributed by atoms with Crippen LogP contribution in [0.2, 0.25) is 0 Å². The molecule has 1 amide bonds. The van der Waals surface area contributed by atoms with Gasteiger partial charge >= 0.3 is 0 Å². The molecule has 1 aromatic heterocycles. The zero-order valence-corrected chi connectivity index (χ0v) is 12.0. The molecule has 0 radical (unpaired) electrons. The lowest BCUT2D eigenvalue weighted by Crippen LogP contribution is -2.28. The highest BCUT2D eigenvalue weighted by Gasteiger charge is 2.12. The average Bonchev–Trinajstić information content (AvgIpc) is 2.83. The maximum Gasteiger partial charge on any atom is 0.226 e. The Balaban J connectivity index is 1.83. The third kappa shape index (κ3) is 3.95. The summed E-state index contributed by atoms with van der Waals surface area (Å²) < 4.78 is 10.1. The summed E-state index contributed by atoms with van der Waals surface area (Å²) in [6, 6.07) is 7.48. The van der Waals surface area contributed by atoms with Crippen molar-refractivity contribution < 1.29 is 14.1 Å². The molecule has 0 spiro atoms. The van der Waals surface area contributed by atoms with Gasteiger partial charge in [0, 0.05) is 19.0 Å². The lowest BCUT2D eigenvalue weighted by atomic mass is 10.1. The van der Waals surface area contributed by atoms with Crippen LogP contribution in [0, 0.1) is 0 Å². The van der Waals surface area contributed by atoms with E-state index >= 15 is 0 Å². The third-order valence-electron chi connectivity index (χ3n) is 2.91. The molecule has 1 heterocycles. The van der Waals surface area contributed by atoms with Crippen molar-refractivity contribution in [3.05, 3.63) is 30.0 Å². The molecule has 1 aromatic carbocycles. The van der Waals surface area contributed by atoms with E-state index in [-0.39, 0.29) is 17.7 Å². The minimum atomic E-state index is -0.0923. The number of rotatable bonds is 7. The number of halogens is 1. The smallest absolute Gasteiger partial charge is 0.226 e. The van der Waals surface area contributed by atoms with E-state index in [1.165, 1.54) is 0 Å². The van der Waals surface area contributed by atoms with Gasteiger partial charge in [0.15, 0.2) is 5.58 Å². The minimum Gasteiger partial charge on any atom is -0.383 e. The van der Waals surface area contributed by atoms with Crippen LogP contribution >= 0.6 is 11.6 Å². The summed E-state index contributed by atoms with van der Waals surface area (Å²) in [5.41, 5.74) is 1.34. The predicted molar refractivity (Wildman–Crippen MR) is 76.9 cm³/mol. The summed E-state index contributed by atoms with van der Waals surface area (Å²) in [5, 5.41) is 7.52. The molecule has 0 fully saturated rings. The molecule has 1 atom stereocenters. The Hall–Kier alpha value is -1.59. The fourth-order valence-corrected chi connectivity index (χ4v) is 2.15. The van der Waals surface area contributed by atoms with Crippen LogP contribution in [-0.4, -0.2) is 36.7 Å². The van der Waals surface area contributed by atoms with Gasteiger partial charge in [-0.2, -0.15) is 0 Å². The molecule has 0 aliphatic rings. The van der Waals surface area contributed by atoms with E-state index in [1.54, 1.807) is 7.11 Å². The molecule has 2 aromatic rings. The van der Waals surface area contributed by atoms with Crippen molar-refractivity contribution >= 4 is 28.5 Å². The topological polar surface area (TPSA) is 64.4 Å². The summed E-state index contributed by atoms with van der Waals surface area (Å²) in [7, 11) is 1.60. The highest BCUT2D eigenvalue weighted by Crippen LogP contribution is 2.17. The lowest BCUT2D eigenvalue weighted by Gasteiger charge is -2.08. The number of amides is 1. The number of alkyl halides is 1. The standard InChI is InChI=1S/C14H17ClN2O3/c1-19-9-10(15)6-7-16-14(18)8-12-11-4-2-3-5-13(11)20-17-12/h2-5,10H,6-9H2,1H3,(H,16,18). The molecule has 108 valence electrons. The molecule has 0 aliphatic heterocycles. The first kappa shape index (κ1) is 14.8. The molecular formula is C14H17ClN2O3. The van der Waals surface area contributed by atoms with Crippen LogP contribution in [0.3, 0.4) is 0 Å². The van der Waals surface area contributed by atoms with Crippen molar-refractivity contribution in [3.8, 4) is 0 Å². The highest BCUT2D eigenvalue weighted by molar-refractivity contribution is 6.20. The zero-order valence-electron chi connectivity index (χ0n) is 11.3. The first-order valence-electron chi connectivity index (χ1n) is 6.43. The van der Waals surface area contributed by atoms with Crippen LogP contribution in [0.4, 0.5) is 0 Å². The molecular weight excluding hydrogens is 280 g/mol. The number of hydrogen-bond acceptors (Lipinski definition) is 4. The van der Waals surface area contributed by atoms with E-state index in [2.05, 4.69) is 10.5 Å². The number of carbonyl (C=O) groups excluding carboxylic acids is 1. The number of aromatic nitrogens is 1. The molecule has 1 N–H and O–H groups in total. The van der Waals surface area contributed by atoms with Crippen LogP contribution < -0.4 is 5.32 Å². The van der Waals surface area contributed by atoms with Crippen LogP contribution in [0.15, 0.2) is 28.8 Å². The molecule has 0 saturated carbocycles. The molecule has 0 aliphatic carbocycles. The van der Waals surface area contributed by atoms with E-state index in [0.717, 1.165) is 5.39 Å². The maximum atomic E-state index is 11.8. The van der Waals surface area contributed by atoms with Crippen molar-refractivity contribution in [3.63, 3.8) is 0 Å². The van der Waals surface area contributed by atoms with E-state index in [0.29, 0.717) is 30.8 Å². The predicted octanol–water partition coefficient (Wildman–Crippen LogP) is 2.13. The number of methoxy groups -OCH3 is 1. The Labute approximate surface area is 122 Å². The summed E-state index contributed by atoms with van der Waals surface area (Å²) in [6.45, 7) is 0.998. The second-order valence-corrected chi connectivity index (χ2v) is 5.11. The molecule has 6 heteroatoms. The Morgan fingerprint density at radius 1 is 1.50 bits per heavy atom. The fraction of sp³-hybridized carbons (Fsp3) is 0.429. The minimum absolute atomic E-state index is 0.0896. The number of benzene rings is 1. The second-order valence-electron chi connectivity index (χ2n) is 4.49. The van der Waals surface area contributed by atoms with Gasteiger partial charge in [0.2, 0.25) is 5.91 Å². The first-order valence-corrected chi connectivity index (χ1v) is 6.87. The Morgan fingerprint density at radius 3 is 3.10 bits per heavy atom. The monoisotopic (exact) mass is 296 g/mol. The van der Waals surface area contributed by atoms with Gasteiger partial charge in [0.05, 0.1) is 18.4 Å². The summed E-state index contributed by atoms with van der Waals surface area (Å²) >= 11 is 5.98. The number of fused-ring (bicyclic) bond motifs is 1. The second kappa shape index (κ2) is 7.26. The molecule has 2 rings (SSSR count). The normalized spacial score (nSPS) is 12.5. The number of ether oxygens (including phenoxy) is 1. The van der Waals surface area contributed by atoms with Gasteiger partial charge < -0.3 is 14.6 Å². The van der Waals surface area contributed by atoms with Crippen molar-refractivity contribution in [1.82, 2.24) is 10.5 Å². The Morgan fingerprint density at radius 2 is 2.30 bits per heavy atom. The summed E-state index contributed by atoms with van der Waals surface area (Å²) in [5.74, 6) is -0.0923. The molecule has 1 unspecified atom stereocenters. The largest absolute Gasteiger partial charge is 0.383 e. The number of nitrogens with one attached hydrogen (secondary N) is 1. The van der Waals surface area contributed by atoms with Crippen molar-refractivity contribution in [2.45, 2.75) is 18.2 Å².